The maximum atomic E-state index is 4.69. The van der Waals surface area contributed by atoms with Crippen LogP contribution in [0.4, 0.5) is 5.82 Å². The second-order valence-electron chi connectivity index (χ2n) is 5.06. The molecule has 1 aliphatic rings. The van der Waals surface area contributed by atoms with Gasteiger partial charge >= 0.3 is 0 Å². The summed E-state index contributed by atoms with van der Waals surface area (Å²) < 4.78 is 2.03. The molecule has 0 aliphatic heterocycles. The van der Waals surface area contributed by atoms with Crippen LogP contribution in [0.3, 0.4) is 0 Å². The summed E-state index contributed by atoms with van der Waals surface area (Å²) in [5, 5.41) is 3.28. The highest BCUT2D eigenvalue weighted by Crippen LogP contribution is 2.38. The van der Waals surface area contributed by atoms with Gasteiger partial charge in [0.05, 0.1) is 5.69 Å². The first-order valence-corrected chi connectivity index (χ1v) is 6.82. The molecule has 2 heterocycles. The van der Waals surface area contributed by atoms with Gasteiger partial charge in [0.2, 0.25) is 0 Å². The van der Waals surface area contributed by atoms with E-state index >= 15 is 0 Å². The van der Waals surface area contributed by atoms with E-state index in [-0.39, 0.29) is 0 Å². The first kappa shape index (κ1) is 12.1. The number of imidazole rings is 1. The summed E-state index contributed by atoms with van der Waals surface area (Å²) >= 11 is 0. The molecule has 1 fully saturated rings. The molecule has 0 saturated heterocycles. The van der Waals surface area contributed by atoms with Gasteiger partial charge in [-0.25, -0.2) is 15.0 Å². The lowest BCUT2D eigenvalue weighted by Crippen LogP contribution is -2.07. The third-order valence-electron chi connectivity index (χ3n) is 3.53. The zero-order valence-electron chi connectivity index (χ0n) is 11.6. The normalized spacial score (nSPS) is 14.7. The highest BCUT2D eigenvalue weighted by atomic mass is 15.2. The zero-order chi connectivity index (χ0) is 13.4. The Bertz CT molecular complexity index is 598. The Balaban J connectivity index is 2.06. The smallest absolute Gasteiger partial charge is 0.143 e. The van der Waals surface area contributed by atoms with Crippen LogP contribution < -0.4 is 5.32 Å². The van der Waals surface area contributed by atoms with Crippen LogP contribution in [0.15, 0.2) is 12.4 Å². The summed E-state index contributed by atoms with van der Waals surface area (Å²) in [7, 11) is 0. The van der Waals surface area contributed by atoms with Crippen LogP contribution in [-0.4, -0.2) is 26.1 Å². The third-order valence-corrected chi connectivity index (χ3v) is 3.53. The van der Waals surface area contributed by atoms with E-state index in [4.69, 9.17) is 4.98 Å². The number of aromatic nitrogens is 4. The fraction of sp³-hybridized carbons (Fsp3) is 0.500. The lowest BCUT2D eigenvalue weighted by atomic mass is 10.3. The van der Waals surface area contributed by atoms with Crippen LogP contribution in [-0.2, 0) is 0 Å². The number of nitrogens with one attached hydrogen (secondary N) is 1. The van der Waals surface area contributed by atoms with E-state index in [1.807, 2.05) is 23.9 Å². The van der Waals surface area contributed by atoms with Gasteiger partial charge in [-0.05, 0) is 33.6 Å². The van der Waals surface area contributed by atoms with Crippen molar-refractivity contribution in [1.29, 1.82) is 0 Å². The number of rotatable bonds is 4. The van der Waals surface area contributed by atoms with Gasteiger partial charge in [-0.2, -0.15) is 0 Å². The predicted octanol–water partition coefficient (Wildman–Crippen LogP) is 2.59. The van der Waals surface area contributed by atoms with E-state index in [1.165, 1.54) is 12.8 Å². The van der Waals surface area contributed by atoms with Gasteiger partial charge in [0.1, 0.15) is 23.8 Å². The molecule has 0 amide bonds. The Labute approximate surface area is 113 Å². The maximum Gasteiger partial charge on any atom is 0.143 e. The lowest BCUT2D eigenvalue weighted by molar-refractivity contribution is 0.864. The molecule has 0 aromatic carbocycles. The molecule has 0 atom stereocenters. The van der Waals surface area contributed by atoms with Gasteiger partial charge in [-0.1, -0.05) is 0 Å². The first-order valence-electron chi connectivity index (χ1n) is 6.82. The summed E-state index contributed by atoms with van der Waals surface area (Å²) in [5.41, 5.74) is 2.17. The number of hydrogen-bond acceptors (Lipinski definition) is 4. The molecular weight excluding hydrogens is 238 g/mol. The van der Waals surface area contributed by atoms with Crippen molar-refractivity contribution in [3.63, 3.8) is 0 Å². The molecule has 2 aromatic rings. The second kappa shape index (κ2) is 4.64. The average molecular weight is 257 g/mol. The average Bonchev–Trinajstić information content (AvgIpc) is 3.18. The Hall–Kier alpha value is -1.91. The van der Waals surface area contributed by atoms with E-state index in [2.05, 4.69) is 29.1 Å². The van der Waals surface area contributed by atoms with E-state index in [1.54, 1.807) is 0 Å². The van der Waals surface area contributed by atoms with E-state index in [0.29, 0.717) is 5.92 Å². The highest BCUT2D eigenvalue weighted by Gasteiger charge is 2.27. The monoisotopic (exact) mass is 257 g/mol. The van der Waals surface area contributed by atoms with Crippen molar-refractivity contribution in [2.75, 3.05) is 11.9 Å². The third kappa shape index (κ3) is 2.32. The largest absolute Gasteiger partial charge is 0.370 e. The number of hydrogen-bond donors (Lipinski definition) is 1. The van der Waals surface area contributed by atoms with Crippen molar-refractivity contribution in [3.05, 3.63) is 29.6 Å². The van der Waals surface area contributed by atoms with E-state index in [0.717, 1.165) is 35.4 Å². The highest BCUT2D eigenvalue weighted by molar-refractivity contribution is 5.43. The standard InChI is InChI=1S/C14H19N5/c1-4-15-12-7-13(18-14(17-12)11-5-6-11)19-8-16-9(2)10(19)3/h7-8,11H,4-6H2,1-3H3,(H,15,17,18). The topological polar surface area (TPSA) is 55.6 Å². The zero-order valence-corrected chi connectivity index (χ0v) is 11.6. The molecular formula is C14H19N5. The van der Waals surface area contributed by atoms with E-state index in [9.17, 15) is 0 Å². The summed E-state index contributed by atoms with van der Waals surface area (Å²) in [6.45, 7) is 7.02. The van der Waals surface area contributed by atoms with Gasteiger partial charge in [0, 0.05) is 24.2 Å². The van der Waals surface area contributed by atoms with Crippen LogP contribution in [0.1, 0.15) is 42.9 Å². The lowest BCUT2D eigenvalue weighted by Gasteiger charge is -2.10. The quantitative estimate of drug-likeness (QED) is 0.914. The Morgan fingerprint density at radius 2 is 2.11 bits per heavy atom. The van der Waals surface area contributed by atoms with Crippen molar-refractivity contribution >= 4 is 5.82 Å². The van der Waals surface area contributed by atoms with Crippen molar-refractivity contribution in [1.82, 2.24) is 19.5 Å². The minimum atomic E-state index is 0.544. The van der Waals surface area contributed by atoms with Gasteiger partial charge < -0.3 is 5.32 Å². The molecule has 2 aromatic heterocycles. The van der Waals surface area contributed by atoms with Gasteiger partial charge in [-0.15, -0.1) is 0 Å². The van der Waals surface area contributed by atoms with E-state index < -0.39 is 0 Å². The van der Waals surface area contributed by atoms with Crippen molar-refractivity contribution in [2.45, 2.75) is 39.5 Å². The molecule has 19 heavy (non-hydrogen) atoms. The molecule has 100 valence electrons. The van der Waals surface area contributed by atoms with Crippen LogP contribution in [0.5, 0.6) is 0 Å². The molecule has 5 heteroatoms. The number of anilines is 1. The van der Waals surface area contributed by atoms with Crippen LogP contribution in [0, 0.1) is 13.8 Å². The summed E-state index contributed by atoms with van der Waals surface area (Å²) in [6, 6.07) is 1.99. The van der Waals surface area contributed by atoms with Crippen LogP contribution >= 0.6 is 0 Å². The number of nitrogens with zero attached hydrogens (tertiary/aromatic N) is 4. The minimum absolute atomic E-state index is 0.544. The van der Waals surface area contributed by atoms with Gasteiger partial charge in [0.25, 0.3) is 0 Å². The minimum Gasteiger partial charge on any atom is -0.370 e. The first-order chi connectivity index (χ1) is 9.19. The second-order valence-corrected chi connectivity index (χ2v) is 5.06. The maximum absolute atomic E-state index is 4.69. The van der Waals surface area contributed by atoms with Crippen molar-refractivity contribution < 1.29 is 0 Å². The van der Waals surface area contributed by atoms with Crippen LogP contribution in [0.25, 0.3) is 5.82 Å². The molecule has 0 radical (unpaired) electrons. The molecule has 0 bridgehead atoms. The molecule has 1 aliphatic carbocycles. The SMILES string of the molecule is CCNc1cc(-n2cnc(C)c2C)nc(C2CC2)n1. The van der Waals surface area contributed by atoms with Crippen molar-refractivity contribution in [3.8, 4) is 5.82 Å². The predicted molar refractivity (Wildman–Crippen MR) is 74.8 cm³/mol. The molecule has 0 unspecified atom stereocenters. The van der Waals surface area contributed by atoms with Gasteiger partial charge in [0.15, 0.2) is 0 Å². The van der Waals surface area contributed by atoms with Crippen LogP contribution in [0.2, 0.25) is 0 Å². The summed E-state index contributed by atoms with van der Waals surface area (Å²) in [4.78, 5) is 13.6. The molecule has 3 rings (SSSR count). The molecule has 5 nitrogen and oxygen atoms in total. The Kier molecular flexibility index (Phi) is 2.97. The summed E-state index contributed by atoms with van der Waals surface area (Å²) in [5.74, 6) is 3.31. The van der Waals surface area contributed by atoms with Gasteiger partial charge in [-0.3, -0.25) is 4.57 Å². The van der Waals surface area contributed by atoms with Crippen molar-refractivity contribution in [2.24, 2.45) is 0 Å². The summed E-state index contributed by atoms with van der Waals surface area (Å²) in [6.07, 6.45) is 4.24. The fourth-order valence-electron chi connectivity index (χ4n) is 2.10. The number of aryl methyl sites for hydroxylation is 1. The molecule has 1 N–H and O–H groups in total. The Morgan fingerprint density at radius 1 is 1.32 bits per heavy atom. The fourth-order valence-corrected chi connectivity index (χ4v) is 2.10. The molecule has 1 saturated carbocycles. The molecule has 0 spiro atoms. The Morgan fingerprint density at radius 3 is 2.68 bits per heavy atom.